The molecule has 0 amide bonds. The summed E-state index contributed by atoms with van der Waals surface area (Å²) in [7, 11) is 0. The fourth-order valence-corrected chi connectivity index (χ4v) is 2.77. The van der Waals surface area contributed by atoms with Crippen LogP contribution in [0.5, 0.6) is 0 Å². The Kier molecular flexibility index (Phi) is 5.12. The molecule has 1 aromatic carbocycles. The van der Waals surface area contributed by atoms with Crippen LogP contribution >= 0.6 is 0 Å². The van der Waals surface area contributed by atoms with E-state index in [1.807, 2.05) is 10.7 Å². The summed E-state index contributed by atoms with van der Waals surface area (Å²) in [5.74, 6) is -0.209. The van der Waals surface area contributed by atoms with Crippen molar-refractivity contribution < 1.29 is 4.39 Å². The molecule has 0 fully saturated rings. The maximum atomic E-state index is 13.3. The molecule has 4 heteroatoms. The highest BCUT2D eigenvalue weighted by atomic mass is 19.1. The van der Waals surface area contributed by atoms with E-state index in [1.54, 1.807) is 12.1 Å². The van der Waals surface area contributed by atoms with Gasteiger partial charge < -0.3 is 5.73 Å². The summed E-state index contributed by atoms with van der Waals surface area (Å²) in [5.41, 5.74) is 10.6. The van der Waals surface area contributed by atoms with Gasteiger partial charge in [0.25, 0.3) is 0 Å². The third-order valence-corrected chi connectivity index (χ3v) is 3.88. The number of rotatable bonds is 6. The monoisotopic (exact) mass is 289 g/mol. The Morgan fingerprint density at radius 1 is 1.24 bits per heavy atom. The van der Waals surface area contributed by atoms with Crippen molar-refractivity contribution in [3.8, 4) is 0 Å². The van der Waals surface area contributed by atoms with Crippen molar-refractivity contribution in [2.75, 3.05) is 0 Å². The lowest BCUT2D eigenvalue weighted by molar-refractivity contribution is 0.609. The number of halogens is 1. The normalized spacial score (nSPS) is 12.6. The van der Waals surface area contributed by atoms with E-state index in [2.05, 4.69) is 20.8 Å². The maximum absolute atomic E-state index is 13.3. The van der Waals surface area contributed by atoms with Crippen LogP contribution in [0.2, 0.25) is 0 Å². The standard InChI is InChI=1S/C17H24FN3/c1-4-14(19)17-15(5-2)20-21(16(17)6-3)11-12-8-7-9-13(18)10-12/h7-10,14H,4-6,11,19H2,1-3H3. The van der Waals surface area contributed by atoms with E-state index in [9.17, 15) is 4.39 Å². The largest absolute Gasteiger partial charge is 0.324 e. The second kappa shape index (κ2) is 6.85. The second-order valence-corrected chi connectivity index (χ2v) is 5.32. The molecule has 0 spiro atoms. The molecule has 1 unspecified atom stereocenters. The molecule has 0 radical (unpaired) electrons. The lowest BCUT2D eigenvalue weighted by Gasteiger charge is -2.12. The predicted molar refractivity (Wildman–Crippen MR) is 83.7 cm³/mol. The van der Waals surface area contributed by atoms with Crippen LogP contribution in [0.15, 0.2) is 24.3 Å². The van der Waals surface area contributed by atoms with Gasteiger partial charge in [-0.3, -0.25) is 4.68 Å². The fraction of sp³-hybridized carbons (Fsp3) is 0.471. The molecule has 2 N–H and O–H groups in total. The number of hydrogen-bond donors (Lipinski definition) is 1. The zero-order valence-corrected chi connectivity index (χ0v) is 13.1. The van der Waals surface area contributed by atoms with Gasteiger partial charge >= 0.3 is 0 Å². The summed E-state index contributed by atoms with van der Waals surface area (Å²) in [5, 5.41) is 4.71. The van der Waals surface area contributed by atoms with Gasteiger partial charge in [-0.25, -0.2) is 4.39 Å². The second-order valence-electron chi connectivity index (χ2n) is 5.32. The highest BCUT2D eigenvalue weighted by Gasteiger charge is 2.20. The van der Waals surface area contributed by atoms with E-state index in [0.29, 0.717) is 6.54 Å². The van der Waals surface area contributed by atoms with Crippen molar-refractivity contribution in [1.82, 2.24) is 9.78 Å². The van der Waals surface area contributed by atoms with Crippen LogP contribution in [0, 0.1) is 5.82 Å². The first kappa shape index (κ1) is 15.7. The first-order chi connectivity index (χ1) is 10.1. The number of aryl methyl sites for hydroxylation is 1. The zero-order valence-electron chi connectivity index (χ0n) is 13.1. The summed E-state index contributed by atoms with van der Waals surface area (Å²) in [4.78, 5) is 0. The van der Waals surface area contributed by atoms with E-state index in [0.717, 1.165) is 30.5 Å². The lowest BCUT2D eigenvalue weighted by atomic mass is 10.00. The lowest BCUT2D eigenvalue weighted by Crippen LogP contribution is -2.13. The molecule has 3 nitrogen and oxygen atoms in total. The Labute approximate surface area is 126 Å². The van der Waals surface area contributed by atoms with Crippen molar-refractivity contribution in [2.45, 2.75) is 52.6 Å². The zero-order chi connectivity index (χ0) is 15.4. The summed E-state index contributed by atoms with van der Waals surface area (Å²) in [6.07, 6.45) is 2.64. The van der Waals surface area contributed by atoms with Gasteiger partial charge in [0.2, 0.25) is 0 Å². The molecule has 21 heavy (non-hydrogen) atoms. The van der Waals surface area contributed by atoms with Gasteiger partial charge in [0, 0.05) is 17.3 Å². The smallest absolute Gasteiger partial charge is 0.123 e. The molecule has 1 aromatic heterocycles. The summed E-state index contributed by atoms with van der Waals surface area (Å²) < 4.78 is 15.3. The molecule has 1 atom stereocenters. The number of hydrogen-bond acceptors (Lipinski definition) is 2. The van der Waals surface area contributed by atoms with Crippen molar-refractivity contribution in [3.05, 3.63) is 52.6 Å². The van der Waals surface area contributed by atoms with Crippen LogP contribution in [0.1, 0.15) is 55.7 Å². The van der Waals surface area contributed by atoms with Gasteiger partial charge in [-0.15, -0.1) is 0 Å². The average Bonchev–Trinajstić information content (AvgIpc) is 2.83. The number of benzene rings is 1. The van der Waals surface area contributed by atoms with Crippen molar-refractivity contribution in [2.24, 2.45) is 5.73 Å². The molecule has 114 valence electrons. The Bertz CT molecular complexity index is 604. The molecule has 2 rings (SSSR count). The third kappa shape index (κ3) is 3.32. The Balaban J connectivity index is 2.41. The van der Waals surface area contributed by atoms with Crippen molar-refractivity contribution in [1.29, 1.82) is 0 Å². The number of nitrogens with two attached hydrogens (primary N) is 1. The Hall–Kier alpha value is -1.68. The van der Waals surface area contributed by atoms with E-state index >= 15 is 0 Å². The van der Waals surface area contributed by atoms with Gasteiger partial charge in [-0.05, 0) is 37.0 Å². The maximum Gasteiger partial charge on any atom is 0.123 e. The van der Waals surface area contributed by atoms with Crippen LogP contribution in [0.4, 0.5) is 4.39 Å². The Morgan fingerprint density at radius 3 is 2.57 bits per heavy atom. The highest BCUT2D eigenvalue weighted by molar-refractivity contribution is 5.31. The number of aromatic nitrogens is 2. The van der Waals surface area contributed by atoms with Crippen molar-refractivity contribution in [3.63, 3.8) is 0 Å². The predicted octanol–water partition coefficient (Wildman–Crippen LogP) is 3.61. The van der Waals surface area contributed by atoms with Crippen LogP contribution < -0.4 is 5.73 Å². The van der Waals surface area contributed by atoms with E-state index in [-0.39, 0.29) is 11.9 Å². The Morgan fingerprint density at radius 2 is 2.00 bits per heavy atom. The quantitative estimate of drug-likeness (QED) is 0.883. The number of nitrogens with zero attached hydrogens (tertiary/aromatic N) is 2. The average molecular weight is 289 g/mol. The van der Waals surface area contributed by atoms with Crippen LogP contribution in [-0.4, -0.2) is 9.78 Å². The van der Waals surface area contributed by atoms with Crippen LogP contribution in [0.25, 0.3) is 0 Å². The first-order valence-corrected chi connectivity index (χ1v) is 7.69. The molecular weight excluding hydrogens is 265 g/mol. The molecule has 2 aromatic rings. The van der Waals surface area contributed by atoms with Crippen LogP contribution in [0.3, 0.4) is 0 Å². The van der Waals surface area contributed by atoms with Gasteiger partial charge in [0.1, 0.15) is 5.82 Å². The molecule has 0 saturated carbocycles. The minimum Gasteiger partial charge on any atom is -0.324 e. The SMILES string of the molecule is CCc1nn(Cc2cccc(F)c2)c(CC)c1C(N)CC. The molecule has 1 heterocycles. The van der Waals surface area contributed by atoms with Gasteiger partial charge in [-0.2, -0.15) is 5.10 Å². The third-order valence-electron chi connectivity index (χ3n) is 3.88. The van der Waals surface area contributed by atoms with Gasteiger partial charge in [0.05, 0.1) is 12.2 Å². The fourth-order valence-electron chi connectivity index (χ4n) is 2.77. The van der Waals surface area contributed by atoms with Gasteiger partial charge in [0.15, 0.2) is 0 Å². The molecule has 0 bridgehead atoms. The molecule has 0 aliphatic rings. The molecule has 0 aliphatic heterocycles. The van der Waals surface area contributed by atoms with Crippen LogP contribution in [-0.2, 0) is 19.4 Å². The molecule has 0 saturated heterocycles. The molecule has 0 aliphatic carbocycles. The summed E-state index contributed by atoms with van der Waals surface area (Å²) >= 11 is 0. The molecular formula is C17H24FN3. The summed E-state index contributed by atoms with van der Waals surface area (Å²) in [6, 6.07) is 6.71. The summed E-state index contributed by atoms with van der Waals surface area (Å²) in [6.45, 7) is 6.89. The van der Waals surface area contributed by atoms with E-state index < -0.39 is 0 Å². The highest BCUT2D eigenvalue weighted by Crippen LogP contribution is 2.25. The van der Waals surface area contributed by atoms with E-state index in [4.69, 9.17) is 10.8 Å². The minimum absolute atomic E-state index is 0.0242. The van der Waals surface area contributed by atoms with Gasteiger partial charge in [-0.1, -0.05) is 32.9 Å². The first-order valence-electron chi connectivity index (χ1n) is 7.69. The van der Waals surface area contributed by atoms with Crippen molar-refractivity contribution >= 4 is 0 Å². The minimum atomic E-state index is -0.209. The topological polar surface area (TPSA) is 43.8 Å². The van der Waals surface area contributed by atoms with E-state index in [1.165, 1.54) is 17.3 Å².